The minimum absolute atomic E-state index is 0.00718. The van der Waals surface area contributed by atoms with Gasteiger partial charge in [0.15, 0.2) is 0 Å². The van der Waals surface area contributed by atoms with E-state index in [1.54, 1.807) is 27.6 Å². The molecule has 0 saturated carbocycles. The van der Waals surface area contributed by atoms with Crippen LogP contribution < -0.4 is 4.90 Å². The van der Waals surface area contributed by atoms with Gasteiger partial charge in [-0.05, 0) is 43.9 Å². The fourth-order valence-electron chi connectivity index (χ4n) is 7.32. The molecule has 2 saturated heterocycles. The Balaban J connectivity index is 1.44. The SMILES string of the molecule is Cc1cccc(Cl)c1N1CC=C[C@]23S[C@]4(C)C=CCN(Cc5ccccc5)C(=O)[C@@H]4[C@H]2C(=O)N(CCCCO)C3C1=O. The van der Waals surface area contributed by atoms with Crippen LogP contribution in [0, 0.1) is 18.8 Å². The number of nitrogens with zero attached hydrogens (tertiary/aromatic N) is 3. The number of carbonyl (C=O) groups excluding carboxylic acids is 3. The highest BCUT2D eigenvalue weighted by molar-refractivity contribution is 8.02. The Kier molecular flexibility index (Phi) is 7.75. The Morgan fingerprint density at radius 1 is 0.929 bits per heavy atom. The highest BCUT2D eigenvalue weighted by Crippen LogP contribution is 2.65. The van der Waals surface area contributed by atoms with Crippen LogP contribution in [0.25, 0.3) is 0 Å². The average Bonchev–Trinajstić information content (AvgIpc) is 3.23. The molecule has 1 spiro atoms. The van der Waals surface area contributed by atoms with E-state index in [0.717, 1.165) is 11.1 Å². The van der Waals surface area contributed by atoms with Crippen molar-refractivity contribution in [3.05, 3.63) is 89.0 Å². The second-order valence-corrected chi connectivity index (χ2v) is 14.0. The molecule has 2 fully saturated rings. The van der Waals surface area contributed by atoms with Crippen molar-refractivity contribution in [2.24, 2.45) is 11.8 Å². The average molecular weight is 606 g/mol. The van der Waals surface area contributed by atoms with Crippen LogP contribution in [0.1, 0.15) is 30.9 Å². The van der Waals surface area contributed by atoms with Crippen LogP contribution in [-0.2, 0) is 20.9 Å². The molecule has 4 heterocycles. The normalized spacial score (nSPS) is 30.3. The summed E-state index contributed by atoms with van der Waals surface area (Å²) in [5.74, 6) is -1.75. The van der Waals surface area contributed by atoms with Crippen molar-refractivity contribution in [1.29, 1.82) is 0 Å². The lowest BCUT2D eigenvalue weighted by Crippen LogP contribution is -2.53. The van der Waals surface area contributed by atoms with E-state index in [-0.39, 0.29) is 24.3 Å². The third-order valence-corrected chi connectivity index (χ3v) is 11.2. The van der Waals surface area contributed by atoms with Gasteiger partial charge in [0.2, 0.25) is 11.8 Å². The summed E-state index contributed by atoms with van der Waals surface area (Å²) >= 11 is 8.23. The molecule has 0 radical (unpaired) electrons. The number of halogens is 1. The Hall–Kier alpha value is -3.07. The number of fused-ring (bicyclic) bond motifs is 2. The number of rotatable bonds is 7. The molecule has 0 aromatic heterocycles. The van der Waals surface area contributed by atoms with E-state index in [9.17, 15) is 19.5 Å². The van der Waals surface area contributed by atoms with Crippen molar-refractivity contribution < 1.29 is 19.5 Å². The van der Waals surface area contributed by atoms with Gasteiger partial charge < -0.3 is 19.8 Å². The number of likely N-dealkylation sites (tertiary alicyclic amines) is 1. The van der Waals surface area contributed by atoms with Crippen molar-refractivity contribution >= 4 is 46.8 Å². The van der Waals surface area contributed by atoms with Crippen LogP contribution in [0.2, 0.25) is 5.02 Å². The van der Waals surface area contributed by atoms with Crippen molar-refractivity contribution in [2.75, 3.05) is 31.1 Å². The Labute approximate surface area is 256 Å². The van der Waals surface area contributed by atoms with Gasteiger partial charge in [-0.1, -0.05) is 78.4 Å². The molecule has 42 heavy (non-hydrogen) atoms. The molecule has 0 bridgehead atoms. The van der Waals surface area contributed by atoms with E-state index in [4.69, 9.17) is 11.6 Å². The predicted octanol–water partition coefficient (Wildman–Crippen LogP) is 4.61. The lowest BCUT2D eigenvalue weighted by atomic mass is 9.74. The number of carbonyl (C=O) groups is 3. The number of unbranched alkanes of at least 4 members (excludes halogenated alkanes) is 1. The summed E-state index contributed by atoms with van der Waals surface area (Å²) in [6.45, 7) is 5.54. The second-order valence-electron chi connectivity index (χ2n) is 11.8. The fraction of sp³-hybridized carbons (Fsp3) is 0.424. The molecule has 1 N–H and O–H groups in total. The zero-order chi connectivity index (χ0) is 29.6. The van der Waals surface area contributed by atoms with Crippen molar-refractivity contribution in [1.82, 2.24) is 9.80 Å². The van der Waals surface area contributed by atoms with Crippen LogP contribution >= 0.6 is 23.4 Å². The number of hydrogen-bond donors (Lipinski definition) is 1. The molecule has 9 heteroatoms. The minimum atomic E-state index is -0.924. The van der Waals surface area contributed by atoms with E-state index in [1.807, 2.05) is 79.4 Å². The lowest BCUT2D eigenvalue weighted by Gasteiger charge is -2.37. The van der Waals surface area contributed by atoms with E-state index < -0.39 is 27.4 Å². The maximum atomic E-state index is 14.7. The first kappa shape index (κ1) is 29.0. The highest BCUT2D eigenvalue weighted by atomic mass is 35.5. The first-order valence-corrected chi connectivity index (χ1v) is 15.8. The molecule has 2 aromatic carbocycles. The molecule has 220 valence electrons. The molecule has 3 amide bonds. The quantitative estimate of drug-likeness (QED) is 0.368. The lowest BCUT2D eigenvalue weighted by molar-refractivity contribution is -0.144. The number of para-hydroxylation sites is 1. The van der Waals surface area contributed by atoms with Gasteiger partial charge in [0.25, 0.3) is 5.91 Å². The third-order valence-electron chi connectivity index (χ3n) is 9.12. The Bertz CT molecular complexity index is 1440. The number of hydrogen-bond acceptors (Lipinski definition) is 5. The second kappa shape index (κ2) is 11.2. The number of amides is 3. The summed E-state index contributed by atoms with van der Waals surface area (Å²) < 4.78 is -1.59. The number of thioether (sulfide) groups is 1. The smallest absolute Gasteiger partial charge is 0.251 e. The number of aliphatic hydroxyl groups excluding tert-OH is 1. The van der Waals surface area contributed by atoms with Crippen LogP contribution in [0.5, 0.6) is 0 Å². The van der Waals surface area contributed by atoms with Crippen LogP contribution in [0.15, 0.2) is 72.8 Å². The Morgan fingerprint density at radius 2 is 1.69 bits per heavy atom. The molecule has 5 atom stereocenters. The summed E-state index contributed by atoms with van der Waals surface area (Å²) in [6, 6.07) is 14.6. The van der Waals surface area contributed by atoms with Gasteiger partial charge in [-0.2, -0.15) is 0 Å². The van der Waals surface area contributed by atoms with Gasteiger partial charge in [0.05, 0.1) is 27.3 Å². The standard InChI is InChI=1S/C33H36ClN3O4S/c1-22-11-8-14-24(34)27(22)36-19-10-16-33-26(30(40)37(18-6-7-20-38)28(33)31(36)41)25-29(39)35(17-9-15-32(25,2)42-33)21-23-12-4-3-5-13-23/h3-5,8-16,25-26,28,38H,6-7,17-21H2,1-2H3/t25-,26-,28?,32+,33-/m0/s1. The number of benzene rings is 2. The van der Waals surface area contributed by atoms with E-state index in [0.29, 0.717) is 49.7 Å². The summed E-state index contributed by atoms with van der Waals surface area (Å²) in [7, 11) is 0. The van der Waals surface area contributed by atoms with Gasteiger partial charge in [0, 0.05) is 37.5 Å². The van der Waals surface area contributed by atoms with Crippen molar-refractivity contribution in [2.45, 2.75) is 48.8 Å². The number of aliphatic hydroxyl groups is 1. The van der Waals surface area contributed by atoms with Crippen LogP contribution in [0.3, 0.4) is 0 Å². The molecule has 4 aliphatic rings. The molecule has 0 aliphatic carbocycles. The van der Waals surface area contributed by atoms with Crippen molar-refractivity contribution in [3.63, 3.8) is 0 Å². The summed E-state index contributed by atoms with van der Waals surface area (Å²) in [4.78, 5) is 48.9. The predicted molar refractivity (Wildman–Crippen MR) is 166 cm³/mol. The number of anilines is 1. The summed E-state index contributed by atoms with van der Waals surface area (Å²) in [6.07, 6.45) is 9.19. The molecule has 2 aromatic rings. The first-order chi connectivity index (χ1) is 20.2. The minimum Gasteiger partial charge on any atom is -0.396 e. The van der Waals surface area contributed by atoms with Crippen molar-refractivity contribution in [3.8, 4) is 0 Å². The van der Waals surface area contributed by atoms with Gasteiger partial charge >= 0.3 is 0 Å². The van der Waals surface area contributed by atoms with E-state index >= 15 is 0 Å². The molecule has 1 unspecified atom stereocenters. The third kappa shape index (κ3) is 4.59. The topological polar surface area (TPSA) is 81.2 Å². The number of aryl methyl sites for hydroxylation is 1. The molecular formula is C33H36ClN3O4S. The van der Waals surface area contributed by atoms with Crippen LogP contribution in [-0.4, -0.2) is 74.4 Å². The molecule has 4 aliphatic heterocycles. The van der Waals surface area contributed by atoms with E-state index in [1.165, 1.54) is 0 Å². The zero-order valence-corrected chi connectivity index (χ0v) is 25.5. The van der Waals surface area contributed by atoms with Gasteiger partial charge in [0.1, 0.15) is 6.04 Å². The highest BCUT2D eigenvalue weighted by Gasteiger charge is 2.73. The first-order valence-electron chi connectivity index (χ1n) is 14.6. The molecule has 7 nitrogen and oxygen atoms in total. The van der Waals surface area contributed by atoms with Gasteiger partial charge in [-0.25, -0.2) is 0 Å². The fourth-order valence-corrected chi connectivity index (χ4v) is 9.80. The van der Waals surface area contributed by atoms with Crippen LogP contribution in [0.4, 0.5) is 5.69 Å². The summed E-state index contributed by atoms with van der Waals surface area (Å²) in [5.41, 5.74) is 2.55. The monoisotopic (exact) mass is 605 g/mol. The van der Waals surface area contributed by atoms with Gasteiger partial charge in [-0.15, -0.1) is 11.8 Å². The maximum Gasteiger partial charge on any atom is 0.251 e. The molecule has 6 rings (SSSR count). The maximum absolute atomic E-state index is 14.7. The van der Waals surface area contributed by atoms with Gasteiger partial charge in [-0.3, -0.25) is 14.4 Å². The Morgan fingerprint density at radius 3 is 2.43 bits per heavy atom. The summed E-state index contributed by atoms with van der Waals surface area (Å²) in [5, 5.41) is 9.96. The zero-order valence-electron chi connectivity index (χ0n) is 23.9. The molecular weight excluding hydrogens is 570 g/mol. The van der Waals surface area contributed by atoms with E-state index in [2.05, 4.69) is 6.08 Å². The largest absolute Gasteiger partial charge is 0.396 e.